The van der Waals surface area contributed by atoms with Gasteiger partial charge in [0.15, 0.2) is 5.82 Å². The van der Waals surface area contributed by atoms with Crippen molar-refractivity contribution in [2.45, 2.75) is 19.3 Å². The van der Waals surface area contributed by atoms with Gasteiger partial charge < -0.3 is 19.8 Å². The fourth-order valence-electron chi connectivity index (χ4n) is 2.13. The second-order valence-corrected chi connectivity index (χ2v) is 4.53. The van der Waals surface area contributed by atoms with Crippen molar-refractivity contribution in [2.24, 2.45) is 5.92 Å². The number of likely N-dealkylation sites (tertiary alicyclic amines) is 1. The Morgan fingerprint density at radius 1 is 1.58 bits per heavy atom. The van der Waals surface area contributed by atoms with E-state index in [2.05, 4.69) is 20.0 Å². The molecule has 0 radical (unpaired) electrons. The molecular formula is C11H16N4O4. The van der Waals surface area contributed by atoms with E-state index in [1.54, 1.807) is 4.90 Å². The number of hydrogen-bond acceptors (Lipinski definition) is 5. The normalized spacial score (nSPS) is 18.5. The molecule has 0 aromatic carbocycles. The van der Waals surface area contributed by atoms with Gasteiger partial charge in [-0.15, -0.1) is 0 Å². The Kier molecular flexibility index (Phi) is 4.32. The van der Waals surface area contributed by atoms with E-state index in [1.165, 1.54) is 6.39 Å². The lowest BCUT2D eigenvalue weighted by Gasteiger charge is -2.16. The fraction of sp³-hybridized carbons (Fsp3) is 0.636. The van der Waals surface area contributed by atoms with Gasteiger partial charge in [0.2, 0.25) is 6.39 Å². The lowest BCUT2D eigenvalue weighted by molar-refractivity contribution is -0.138. The average molecular weight is 268 g/mol. The summed E-state index contributed by atoms with van der Waals surface area (Å²) in [5.74, 6) is -0.213. The molecule has 2 heterocycles. The first kappa shape index (κ1) is 13.3. The molecule has 0 spiro atoms. The van der Waals surface area contributed by atoms with Crippen LogP contribution in [0.1, 0.15) is 18.7 Å². The number of hydrogen-bond donors (Lipinski definition) is 2. The summed E-state index contributed by atoms with van der Waals surface area (Å²) < 4.78 is 4.58. The standard InChI is InChI=1S/C11H16N4O4/c16-10(17)5-8-2-4-15(6-8)11(18)12-3-1-9-13-7-19-14-9/h7-8H,1-6H2,(H,12,18)(H,16,17). The first-order valence-corrected chi connectivity index (χ1v) is 6.15. The van der Waals surface area contributed by atoms with Crippen LogP contribution in [-0.4, -0.2) is 51.8 Å². The fourth-order valence-corrected chi connectivity index (χ4v) is 2.13. The lowest BCUT2D eigenvalue weighted by atomic mass is 10.1. The monoisotopic (exact) mass is 268 g/mol. The number of rotatable bonds is 5. The van der Waals surface area contributed by atoms with Gasteiger partial charge >= 0.3 is 12.0 Å². The molecule has 0 bridgehead atoms. The van der Waals surface area contributed by atoms with Crippen molar-refractivity contribution >= 4 is 12.0 Å². The molecule has 2 N–H and O–H groups in total. The summed E-state index contributed by atoms with van der Waals surface area (Å²) in [6, 6.07) is -0.170. The molecule has 1 fully saturated rings. The van der Waals surface area contributed by atoms with E-state index >= 15 is 0 Å². The van der Waals surface area contributed by atoms with Crippen LogP contribution in [0.15, 0.2) is 10.9 Å². The van der Waals surface area contributed by atoms with E-state index in [-0.39, 0.29) is 18.4 Å². The van der Waals surface area contributed by atoms with Gasteiger partial charge in [-0.1, -0.05) is 5.16 Å². The van der Waals surface area contributed by atoms with Gasteiger partial charge in [-0.3, -0.25) is 4.79 Å². The van der Waals surface area contributed by atoms with Gasteiger partial charge in [-0.2, -0.15) is 4.98 Å². The van der Waals surface area contributed by atoms with Gasteiger partial charge in [-0.05, 0) is 12.3 Å². The molecular weight excluding hydrogens is 252 g/mol. The maximum absolute atomic E-state index is 11.8. The van der Waals surface area contributed by atoms with Crippen molar-refractivity contribution in [3.63, 3.8) is 0 Å². The number of carbonyl (C=O) groups excluding carboxylic acids is 1. The van der Waals surface area contributed by atoms with Crippen LogP contribution in [0, 0.1) is 5.92 Å². The first-order chi connectivity index (χ1) is 9.15. The predicted molar refractivity (Wildman–Crippen MR) is 63.3 cm³/mol. The largest absolute Gasteiger partial charge is 0.481 e. The number of urea groups is 1. The minimum Gasteiger partial charge on any atom is -0.481 e. The second kappa shape index (κ2) is 6.17. The van der Waals surface area contributed by atoms with Crippen LogP contribution in [0.25, 0.3) is 0 Å². The smallest absolute Gasteiger partial charge is 0.317 e. The predicted octanol–water partition coefficient (Wildman–Crippen LogP) is 0.118. The second-order valence-electron chi connectivity index (χ2n) is 4.53. The summed E-state index contributed by atoms with van der Waals surface area (Å²) in [5.41, 5.74) is 0. The number of aliphatic carboxylic acids is 1. The highest BCUT2D eigenvalue weighted by Crippen LogP contribution is 2.19. The molecule has 1 aliphatic heterocycles. The number of aromatic nitrogens is 2. The van der Waals surface area contributed by atoms with Gasteiger partial charge in [0.05, 0.1) is 0 Å². The number of carbonyl (C=O) groups is 2. The first-order valence-electron chi connectivity index (χ1n) is 6.15. The van der Waals surface area contributed by atoms with Crippen LogP contribution in [0.4, 0.5) is 4.79 Å². The summed E-state index contributed by atoms with van der Waals surface area (Å²) >= 11 is 0. The molecule has 1 saturated heterocycles. The van der Waals surface area contributed by atoms with Gasteiger partial charge in [0.25, 0.3) is 0 Å². The number of nitrogens with one attached hydrogen (secondary N) is 1. The molecule has 1 unspecified atom stereocenters. The van der Waals surface area contributed by atoms with Gasteiger partial charge in [0, 0.05) is 32.5 Å². The van der Waals surface area contributed by atoms with Crippen LogP contribution in [0.3, 0.4) is 0 Å². The lowest BCUT2D eigenvalue weighted by Crippen LogP contribution is -2.39. The Morgan fingerprint density at radius 2 is 2.42 bits per heavy atom. The van der Waals surface area contributed by atoms with E-state index in [9.17, 15) is 9.59 Å². The minimum atomic E-state index is -0.815. The summed E-state index contributed by atoms with van der Waals surface area (Å²) in [5, 5.41) is 15.1. The van der Waals surface area contributed by atoms with Crippen molar-refractivity contribution in [1.29, 1.82) is 0 Å². The third kappa shape index (κ3) is 3.94. The molecule has 1 aromatic rings. The molecule has 2 rings (SSSR count). The highest BCUT2D eigenvalue weighted by atomic mass is 16.5. The van der Waals surface area contributed by atoms with Crippen LogP contribution >= 0.6 is 0 Å². The molecule has 1 aliphatic rings. The van der Waals surface area contributed by atoms with Crippen molar-refractivity contribution in [3.05, 3.63) is 12.2 Å². The Labute approximate surface area is 109 Å². The molecule has 1 aromatic heterocycles. The zero-order valence-electron chi connectivity index (χ0n) is 10.4. The molecule has 19 heavy (non-hydrogen) atoms. The van der Waals surface area contributed by atoms with Gasteiger partial charge in [-0.25, -0.2) is 4.79 Å². The highest BCUT2D eigenvalue weighted by molar-refractivity contribution is 5.74. The topological polar surface area (TPSA) is 109 Å². The van der Waals surface area contributed by atoms with E-state index in [0.717, 1.165) is 6.42 Å². The van der Waals surface area contributed by atoms with E-state index < -0.39 is 5.97 Å². The SMILES string of the molecule is O=C(O)CC1CCN(C(=O)NCCc2ncon2)C1. The molecule has 0 aliphatic carbocycles. The van der Waals surface area contributed by atoms with Crippen molar-refractivity contribution in [2.75, 3.05) is 19.6 Å². The Morgan fingerprint density at radius 3 is 3.11 bits per heavy atom. The Hall–Kier alpha value is -2.12. The van der Waals surface area contributed by atoms with E-state index in [0.29, 0.717) is 31.9 Å². The number of carboxylic acids is 1. The van der Waals surface area contributed by atoms with Crippen molar-refractivity contribution in [1.82, 2.24) is 20.4 Å². The van der Waals surface area contributed by atoms with Crippen LogP contribution in [0.2, 0.25) is 0 Å². The van der Waals surface area contributed by atoms with Crippen molar-refractivity contribution in [3.8, 4) is 0 Å². The third-order valence-electron chi connectivity index (χ3n) is 3.07. The zero-order chi connectivity index (χ0) is 13.7. The van der Waals surface area contributed by atoms with Crippen LogP contribution in [0.5, 0.6) is 0 Å². The summed E-state index contributed by atoms with van der Waals surface area (Å²) in [6.07, 6.45) is 2.61. The average Bonchev–Trinajstić information content (AvgIpc) is 2.99. The number of carboxylic acid groups (broad SMARTS) is 1. The number of amides is 2. The van der Waals surface area contributed by atoms with E-state index in [4.69, 9.17) is 5.11 Å². The number of nitrogens with zero attached hydrogens (tertiary/aromatic N) is 3. The molecule has 0 saturated carbocycles. The summed E-state index contributed by atoms with van der Waals surface area (Å²) in [6.45, 7) is 1.53. The molecule has 8 heteroatoms. The third-order valence-corrected chi connectivity index (χ3v) is 3.07. The molecule has 1 atom stereocenters. The van der Waals surface area contributed by atoms with E-state index in [1.807, 2.05) is 0 Å². The van der Waals surface area contributed by atoms with Crippen molar-refractivity contribution < 1.29 is 19.2 Å². The zero-order valence-corrected chi connectivity index (χ0v) is 10.4. The molecule has 8 nitrogen and oxygen atoms in total. The van der Waals surface area contributed by atoms with Gasteiger partial charge in [0.1, 0.15) is 0 Å². The Bertz CT molecular complexity index is 434. The van der Waals surface area contributed by atoms with Crippen LogP contribution in [-0.2, 0) is 11.2 Å². The summed E-state index contributed by atoms with van der Waals surface area (Å²) in [7, 11) is 0. The molecule has 104 valence electrons. The molecule has 2 amide bonds. The minimum absolute atomic E-state index is 0.0560. The quantitative estimate of drug-likeness (QED) is 0.785. The Balaban J connectivity index is 1.68. The maximum atomic E-state index is 11.8. The summed E-state index contributed by atoms with van der Waals surface area (Å²) in [4.78, 5) is 27.9. The maximum Gasteiger partial charge on any atom is 0.317 e. The van der Waals surface area contributed by atoms with Crippen LogP contribution < -0.4 is 5.32 Å². The highest BCUT2D eigenvalue weighted by Gasteiger charge is 2.27.